The van der Waals surface area contributed by atoms with Crippen molar-refractivity contribution in [1.29, 1.82) is 0 Å². The predicted octanol–water partition coefficient (Wildman–Crippen LogP) is 3.13. The number of carboxylic acids is 1. The molecule has 128 valence electrons. The van der Waals surface area contributed by atoms with Gasteiger partial charge in [-0.2, -0.15) is 0 Å². The molecule has 2 aromatic rings. The molecule has 0 bridgehead atoms. The molecular weight excluding hydrogens is 350 g/mol. The number of carbonyl (C=O) groups is 1. The molecule has 0 atom stereocenters. The van der Waals surface area contributed by atoms with Crippen LogP contribution < -0.4 is 9.46 Å². The summed E-state index contributed by atoms with van der Waals surface area (Å²) in [4.78, 5) is 12.6. The summed E-state index contributed by atoms with van der Waals surface area (Å²) in [6.45, 7) is 0. The second-order valence-electron chi connectivity index (χ2n) is 5.48. The molecule has 2 N–H and O–H groups in total. The lowest BCUT2D eigenvalue weighted by Crippen LogP contribution is -2.15. The SMILES string of the molecule is COc1ccccc1S(=O)(=O)Nc1sc2c(c1C(=O)O)CCCC2. The summed E-state index contributed by atoms with van der Waals surface area (Å²) in [6, 6.07) is 6.24. The average molecular weight is 367 g/mol. The number of nitrogens with one attached hydrogen (secondary N) is 1. The van der Waals surface area contributed by atoms with E-state index in [1.807, 2.05) is 0 Å². The van der Waals surface area contributed by atoms with Gasteiger partial charge in [-0.15, -0.1) is 11.3 Å². The number of thiophene rings is 1. The fourth-order valence-electron chi connectivity index (χ4n) is 2.88. The van der Waals surface area contributed by atoms with Crippen LogP contribution in [0.25, 0.3) is 0 Å². The highest BCUT2D eigenvalue weighted by molar-refractivity contribution is 7.93. The molecule has 8 heteroatoms. The Labute approximate surface area is 144 Å². The number of hydrogen-bond donors (Lipinski definition) is 2. The fraction of sp³-hybridized carbons (Fsp3) is 0.312. The molecule has 6 nitrogen and oxygen atoms in total. The number of aryl methyl sites for hydroxylation is 1. The summed E-state index contributed by atoms with van der Waals surface area (Å²) >= 11 is 1.21. The number of methoxy groups -OCH3 is 1. The third-order valence-electron chi connectivity index (χ3n) is 3.97. The Balaban J connectivity index is 2.05. The molecule has 3 rings (SSSR count). The number of aromatic carboxylic acids is 1. The fourth-order valence-corrected chi connectivity index (χ4v) is 5.64. The first-order chi connectivity index (χ1) is 11.4. The van der Waals surface area contributed by atoms with Gasteiger partial charge in [-0.05, 0) is 43.4 Å². The highest BCUT2D eigenvalue weighted by Gasteiger charge is 2.28. The number of sulfonamides is 1. The van der Waals surface area contributed by atoms with Gasteiger partial charge in [-0.25, -0.2) is 13.2 Å². The summed E-state index contributed by atoms with van der Waals surface area (Å²) in [6.07, 6.45) is 3.37. The van der Waals surface area contributed by atoms with E-state index in [0.717, 1.165) is 29.7 Å². The standard InChI is InChI=1S/C16H17NO5S2/c1-22-11-7-3-5-9-13(11)24(20,21)17-15-14(16(18)19)10-6-2-4-8-12(10)23-15/h3,5,7,9,17H,2,4,6,8H2,1H3,(H,18,19). The molecule has 0 saturated heterocycles. The van der Waals surface area contributed by atoms with Crippen molar-refractivity contribution < 1.29 is 23.1 Å². The first-order valence-corrected chi connectivity index (χ1v) is 9.77. The molecule has 0 radical (unpaired) electrons. The Morgan fingerprint density at radius 3 is 2.67 bits per heavy atom. The van der Waals surface area contributed by atoms with Gasteiger partial charge in [-0.3, -0.25) is 4.72 Å². The van der Waals surface area contributed by atoms with Crippen molar-refractivity contribution in [2.45, 2.75) is 30.6 Å². The van der Waals surface area contributed by atoms with Gasteiger partial charge in [0.25, 0.3) is 10.0 Å². The van der Waals surface area contributed by atoms with Crippen LogP contribution in [-0.4, -0.2) is 26.6 Å². The molecule has 1 aromatic carbocycles. The summed E-state index contributed by atoms with van der Waals surface area (Å²) in [5.41, 5.74) is 0.838. The van der Waals surface area contributed by atoms with Crippen molar-refractivity contribution in [2.75, 3.05) is 11.8 Å². The number of benzene rings is 1. The first-order valence-electron chi connectivity index (χ1n) is 7.47. The van der Waals surface area contributed by atoms with Crippen LogP contribution in [0.4, 0.5) is 5.00 Å². The average Bonchev–Trinajstić information content (AvgIpc) is 2.91. The zero-order chi connectivity index (χ0) is 17.3. The van der Waals surface area contributed by atoms with Gasteiger partial charge in [-0.1, -0.05) is 12.1 Å². The van der Waals surface area contributed by atoms with Gasteiger partial charge in [0.2, 0.25) is 0 Å². The lowest BCUT2D eigenvalue weighted by Gasteiger charge is -2.12. The molecule has 1 aromatic heterocycles. The number of rotatable bonds is 5. The van der Waals surface area contributed by atoms with Crippen LogP contribution in [-0.2, 0) is 22.9 Å². The smallest absolute Gasteiger partial charge is 0.339 e. The molecule has 0 fully saturated rings. The van der Waals surface area contributed by atoms with E-state index in [2.05, 4.69) is 4.72 Å². The highest BCUT2D eigenvalue weighted by Crippen LogP contribution is 2.39. The minimum atomic E-state index is -3.94. The van der Waals surface area contributed by atoms with Gasteiger partial charge in [0, 0.05) is 4.88 Å². The van der Waals surface area contributed by atoms with Gasteiger partial charge in [0.1, 0.15) is 15.6 Å². The highest BCUT2D eigenvalue weighted by atomic mass is 32.2. The van der Waals surface area contributed by atoms with Gasteiger partial charge in [0.15, 0.2) is 0 Å². The number of hydrogen-bond acceptors (Lipinski definition) is 5. The van der Waals surface area contributed by atoms with Crippen molar-refractivity contribution in [3.8, 4) is 5.75 Å². The van der Waals surface area contributed by atoms with Crippen molar-refractivity contribution in [3.63, 3.8) is 0 Å². The second kappa shape index (κ2) is 6.45. The Morgan fingerprint density at radius 1 is 1.25 bits per heavy atom. The zero-order valence-electron chi connectivity index (χ0n) is 13.0. The Bertz CT molecular complexity index is 886. The largest absolute Gasteiger partial charge is 0.495 e. The predicted molar refractivity (Wildman–Crippen MR) is 91.7 cm³/mol. The number of fused-ring (bicyclic) bond motifs is 1. The summed E-state index contributed by atoms with van der Waals surface area (Å²) in [7, 11) is -2.55. The van der Waals surface area contributed by atoms with Crippen LogP contribution >= 0.6 is 11.3 Å². The van der Waals surface area contributed by atoms with E-state index < -0.39 is 16.0 Å². The van der Waals surface area contributed by atoms with E-state index in [1.165, 1.54) is 24.5 Å². The molecule has 1 heterocycles. The first kappa shape index (κ1) is 16.8. The minimum absolute atomic E-state index is 0.0183. The van der Waals surface area contributed by atoms with E-state index in [-0.39, 0.29) is 21.2 Å². The van der Waals surface area contributed by atoms with E-state index in [9.17, 15) is 18.3 Å². The zero-order valence-corrected chi connectivity index (χ0v) is 14.7. The van der Waals surface area contributed by atoms with Crippen LogP contribution in [0.3, 0.4) is 0 Å². The molecule has 0 unspecified atom stereocenters. The molecule has 1 aliphatic rings. The maximum absolute atomic E-state index is 12.7. The molecule has 0 spiro atoms. The normalized spacial score (nSPS) is 14.0. The topological polar surface area (TPSA) is 92.7 Å². The van der Waals surface area contributed by atoms with E-state index >= 15 is 0 Å². The third kappa shape index (κ3) is 2.99. The van der Waals surface area contributed by atoms with Gasteiger partial charge in [0.05, 0.1) is 12.7 Å². The summed E-state index contributed by atoms with van der Waals surface area (Å²) < 4.78 is 32.9. The van der Waals surface area contributed by atoms with E-state index in [0.29, 0.717) is 6.42 Å². The molecule has 1 aliphatic carbocycles. The second-order valence-corrected chi connectivity index (χ2v) is 8.23. The monoisotopic (exact) mass is 367 g/mol. The lowest BCUT2D eigenvalue weighted by molar-refractivity contribution is 0.0697. The van der Waals surface area contributed by atoms with Gasteiger partial charge >= 0.3 is 5.97 Å². The van der Waals surface area contributed by atoms with Crippen LogP contribution in [0.1, 0.15) is 33.6 Å². The maximum Gasteiger partial charge on any atom is 0.339 e. The molecule has 0 aliphatic heterocycles. The Kier molecular flexibility index (Phi) is 4.51. The van der Waals surface area contributed by atoms with Gasteiger partial charge < -0.3 is 9.84 Å². The van der Waals surface area contributed by atoms with Crippen LogP contribution in [0.15, 0.2) is 29.2 Å². The maximum atomic E-state index is 12.7. The van der Waals surface area contributed by atoms with Crippen LogP contribution in [0.5, 0.6) is 5.75 Å². The molecule has 0 saturated carbocycles. The minimum Gasteiger partial charge on any atom is -0.495 e. The van der Waals surface area contributed by atoms with E-state index in [4.69, 9.17) is 4.74 Å². The number of para-hydroxylation sites is 1. The van der Waals surface area contributed by atoms with Crippen molar-refractivity contribution >= 4 is 32.3 Å². The molecule has 0 amide bonds. The number of anilines is 1. The quantitative estimate of drug-likeness (QED) is 0.847. The Morgan fingerprint density at radius 2 is 1.96 bits per heavy atom. The van der Waals surface area contributed by atoms with Crippen LogP contribution in [0, 0.1) is 0 Å². The van der Waals surface area contributed by atoms with Crippen molar-refractivity contribution in [3.05, 3.63) is 40.3 Å². The molecule has 24 heavy (non-hydrogen) atoms. The van der Waals surface area contributed by atoms with Crippen molar-refractivity contribution in [1.82, 2.24) is 0 Å². The summed E-state index contributed by atoms with van der Waals surface area (Å²) in [5, 5.41) is 9.69. The van der Waals surface area contributed by atoms with Crippen molar-refractivity contribution in [2.24, 2.45) is 0 Å². The van der Waals surface area contributed by atoms with Crippen LogP contribution in [0.2, 0.25) is 0 Å². The lowest BCUT2D eigenvalue weighted by atomic mass is 9.96. The Hall–Kier alpha value is -2.06. The number of carboxylic acid groups (broad SMARTS) is 1. The molecular formula is C16H17NO5S2. The summed E-state index contributed by atoms with van der Waals surface area (Å²) in [5.74, 6) is -0.893. The third-order valence-corrected chi connectivity index (χ3v) is 6.70. The van der Waals surface area contributed by atoms with E-state index in [1.54, 1.807) is 18.2 Å². The number of ether oxygens (including phenoxy) is 1.